The molecule has 2 heterocycles. The lowest BCUT2D eigenvalue weighted by atomic mass is 10.2. The molecule has 0 atom stereocenters. The van der Waals surface area contributed by atoms with Gasteiger partial charge in [0.2, 0.25) is 0 Å². The molecule has 1 aromatic carbocycles. The van der Waals surface area contributed by atoms with Crippen molar-refractivity contribution in [3.05, 3.63) is 82.3 Å². The van der Waals surface area contributed by atoms with Gasteiger partial charge in [0.1, 0.15) is 5.69 Å². The molecule has 0 saturated carbocycles. The maximum absolute atomic E-state index is 12.1. The maximum atomic E-state index is 12.1. The van der Waals surface area contributed by atoms with Crippen molar-refractivity contribution in [2.75, 3.05) is 5.32 Å². The van der Waals surface area contributed by atoms with E-state index in [2.05, 4.69) is 22.1 Å². The number of nitrogens with one attached hydrogen (secondary N) is 1. The molecule has 22 heavy (non-hydrogen) atoms. The van der Waals surface area contributed by atoms with Gasteiger partial charge in [-0.15, -0.1) is 11.3 Å². The fraction of sp³-hybridized carbons (Fsp3) is 0. The number of benzene rings is 1. The first-order valence-electron chi connectivity index (χ1n) is 6.69. The number of hydrogen-bond acceptors (Lipinski definition) is 3. The summed E-state index contributed by atoms with van der Waals surface area (Å²) in [6.45, 7) is 0. The van der Waals surface area contributed by atoms with Crippen LogP contribution in [0, 0.1) is 11.8 Å². The highest BCUT2D eigenvalue weighted by Gasteiger charge is 2.06. The third kappa shape index (κ3) is 3.60. The Kier molecular flexibility index (Phi) is 4.28. The highest BCUT2D eigenvalue weighted by Crippen LogP contribution is 2.12. The largest absolute Gasteiger partial charge is 0.321 e. The molecule has 2 aromatic heterocycles. The number of aromatic nitrogens is 1. The Balaban J connectivity index is 1.75. The van der Waals surface area contributed by atoms with Gasteiger partial charge in [0, 0.05) is 17.4 Å². The summed E-state index contributed by atoms with van der Waals surface area (Å²) in [5.41, 5.74) is 1.94. The van der Waals surface area contributed by atoms with Crippen molar-refractivity contribution < 1.29 is 4.79 Å². The summed E-state index contributed by atoms with van der Waals surface area (Å²) in [5.74, 6) is 5.96. The van der Waals surface area contributed by atoms with Gasteiger partial charge in [-0.05, 0) is 41.8 Å². The normalized spacial score (nSPS) is 9.64. The molecule has 0 unspecified atom stereocenters. The SMILES string of the molecule is O=C(Nc1cccc(C#Cc2cccs2)c1)c1ccccn1. The van der Waals surface area contributed by atoms with Crippen LogP contribution in [0.2, 0.25) is 0 Å². The molecule has 3 rings (SSSR count). The van der Waals surface area contributed by atoms with Gasteiger partial charge in [-0.3, -0.25) is 9.78 Å². The minimum atomic E-state index is -0.232. The van der Waals surface area contributed by atoms with Gasteiger partial charge >= 0.3 is 0 Å². The summed E-state index contributed by atoms with van der Waals surface area (Å²) in [6, 6.07) is 16.6. The molecule has 0 saturated heterocycles. The van der Waals surface area contributed by atoms with Gasteiger partial charge in [0.15, 0.2) is 0 Å². The second-order valence-corrected chi connectivity index (χ2v) is 5.42. The number of rotatable bonds is 2. The van der Waals surface area contributed by atoms with Crippen LogP contribution in [-0.2, 0) is 0 Å². The van der Waals surface area contributed by atoms with Crippen molar-refractivity contribution in [3.63, 3.8) is 0 Å². The Bertz CT molecular complexity index is 830. The van der Waals surface area contributed by atoms with E-state index in [1.54, 1.807) is 35.7 Å². The summed E-state index contributed by atoms with van der Waals surface area (Å²) in [5, 5.41) is 4.82. The van der Waals surface area contributed by atoms with E-state index in [4.69, 9.17) is 0 Å². The molecule has 1 amide bonds. The Morgan fingerprint density at radius 3 is 2.77 bits per heavy atom. The number of carbonyl (C=O) groups excluding carboxylic acids is 1. The van der Waals surface area contributed by atoms with Gasteiger partial charge in [0.05, 0.1) is 4.88 Å². The summed E-state index contributed by atoms with van der Waals surface area (Å²) < 4.78 is 0. The van der Waals surface area contributed by atoms with Gasteiger partial charge < -0.3 is 5.32 Å². The average Bonchev–Trinajstić information content (AvgIpc) is 3.08. The zero-order valence-electron chi connectivity index (χ0n) is 11.6. The molecule has 0 aliphatic heterocycles. The first-order chi connectivity index (χ1) is 10.8. The van der Waals surface area contributed by atoms with Crippen LogP contribution >= 0.6 is 11.3 Å². The number of nitrogens with zero attached hydrogens (tertiary/aromatic N) is 1. The van der Waals surface area contributed by atoms with E-state index in [0.29, 0.717) is 11.4 Å². The number of anilines is 1. The molecule has 3 nitrogen and oxygen atoms in total. The predicted octanol–water partition coefficient (Wildman–Crippen LogP) is 3.80. The molecule has 0 radical (unpaired) electrons. The van der Waals surface area contributed by atoms with Crippen LogP contribution in [0.5, 0.6) is 0 Å². The molecule has 4 heteroatoms. The lowest BCUT2D eigenvalue weighted by molar-refractivity contribution is 0.102. The third-order valence-corrected chi connectivity index (χ3v) is 3.65. The predicted molar refractivity (Wildman–Crippen MR) is 88.9 cm³/mol. The summed E-state index contributed by atoms with van der Waals surface area (Å²) in [7, 11) is 0. The molecule has 0 fully saturated rings. The number of carbonyl (C=O) groups is 1. The summed E-state index contributed by atoms with van der Waals surface area (Å²) in [4.78, 5) is 17.1. The molecular formula is C18H12N2OS. The van der Waals surface area contributed by atoms with E-state index in [1.807, 2.05) is 41.8 Å². The van der Waals surface area contributed by atoms with Crippen molar-refractivity contribution in [1.29, 1.82) is 0 Å². The van der Waals surface area contributed by atoms with E-state index >= 15 is 0 Å². The zero-order chi connectivity index (χ0) is 15.2. The first kappa shape index (κ1) is 14.1. The highest BCUT2D eigenvalue weighted by molar-refractivity contribution is 7.10. The van der Waals surface area contributed by atoms with E-state index in [1.165, 1.54) is 0 Å². The van der Waals surface area contributed by atoms with Crippen LogP contribution in [0.15, 0.2) is 66.2 Å². The molecule has 0 bridgehead atoms. The lowest BCUT2D eigenvalue weighted by Crippen LogP contribution is -2.13. The van der Waals surface area contributed by atoms with Gasteiger partial charge in [0.25, 0.3) is 5.91 Å². The average molecular weight is 304 g/mol. The molecule has 0 aliphatic rings. The van der Waals surface area contributed by atoms with Crippen LogP contribution in [0.4, 0.5) is 5.69 Å². The smallest absolute Gasteiger partial charge is 0.274 e. The number of hydrogen-bond donors (Lipinski definition) is 1. The van der Waals surface area contributed by atoms with Crippen molar-refractivity contribution in [2.45, 2.75) is 0 Å². The van der Waals surface area contributed by atoms with Crippen molar-refractivity contribution >= 4 is 22.9 Å². The molecule has 0 aliphatic carbocycles. The second-order valence-electron chi connectivity index (χ2n) is 4.48. The van der Waals surface area contributed by atoms with Crippen molar-refractivity contribution in [1.82, 2.24) is 4.98 Å². The van der Waals surface area contributed by atoms with Gasteiger partial charge in [-0.1, -0.05) is 30.0 Å². The van der Waals surface area contributed by atoms with Crippen LogP contribution in [-0.4, -0.2) is 10.9 Å². The van der Waals surface area contributed by atoms with Crippen LogP contribution in [0.3, 0.4) is 0 Å². The standard InChI is InChI=1S/C18H12N2OS/c21-18(17-8-1-2-11-19-17)20-15-6-3-5-14(13-15)9-10-16-7-4-12-22-16/h1-8,11-13H,(H,20,21). The molecular weight excluding hydrogens is 292 g/mol. The van der Waals surface area contributed by atoms with Crippen LogP contribution < -0.4 is 5.32 Å². The minimum absolute atomic E-state index is 0.232. The Morgan fingerprint density at radius 1 is 1.05 bits per heavy atom. The van der Waals surface area contributed by atoms with E-state index < -0.39 is 0 Å². The number of pyridine rings is 1. The van der Waals surface area contributed by atoms with E-state index in [0.717, 1.165) is 10.4 Å². The Labute approximate surface area is 132 Å². The van der Waals surface area contributed by atoms with Crippen LogP contribution in [0.25, 0.3) is 0 Å². The quantitative estimate of drug-likeness (QED) is 0.732. The molecule has 1 N–H and O–H groups in total. The number of amides is 1. The second kappa shape index (κ2) is 6.70. The van der Waals surface area contributed by atoms with Crippen molar-refractivity contribution in [2.24, 2.45) is 0 Å². The summed E-state index contributed by atoms with van der Waals surface area (Å²) >= 11 is 1.60. The third-order valence-electron chi connectivity index (χ3n) is 2.87. The summed E-state index contributed by atoms with van der Waals surface area (Å²) in [6.07, 6.45) is 1.60. The fourth-order valence-corrected chi connectivity index (χ4v) is 2.42. The van der Waals surface area contributed by atoms with E-state index in [9.17, 15) is 4.79 Å². The molecule has 0 spiro atoms. The van der Waals surface area contributed by atoms with Gasteiger partial charge in [-0.2, -0.15) is 0 Å². The minimum Gasteiger partial charge on any atom is -0.321 e. The lowest BCUT2D eigenvalue weighted by Gasteiger charge is -2.04. The monoisotopic (exact) mass is 304 g/mol. The van der Waals surface area contributed by atoms with Crippen LogP contribution in [0.1, 0.15) is 20.9 Å². The fourth-order valence-electron chi connectivity index (χ4n) is 1.85. The topological polar surface area (TPSA) is 42.0 Å². The Hall–Kier alpha value is -2.90. The molecule has 3 aromatic rings. The van der Waals surface area contributed by atoms with E-state index in [-0.39, 0.29) is 5.91 Å². The zero-order valence-corrected chi connectivity index (χ0v) is 12.4. The molecule has 106 valence electrons. The first-order valence-corrected chi connectivity index (χ1v) is 7.57. The highest BCUT2D eigenvalue weighted by atomic mass is 32.1. The number of thiophene rings is 1. The van der Waals surface area contributed by atoms with Crippen molar-refractivity contribution in [3.8, 4) is 11.8 Å². The Morgan fingerprint density at radius 2 is 2.00 bits per heavy atom. The van der Waals surface area contributed by atoms with Gasteiger partial charge in [-0.25, -0.2) is 0 Å². The maximum Gasteiger partial charge on any atom is 0.274 e.